The molecule has 5 rings (SSSR count). The van der Waals surface area contributed by atoms with Gasteiger partial charge < -0.3 is 0 Å². The van der Waals surface area contributed by atoms with Crippen LogP contribution in [0.25, 0.3) is 10.9 Å². The molecule has 0 bridgehead atoms. The van der Waals surface area contributed by atoms with Gasteiger partial charge in [0.15, 0.2) is 0 Å². The Bertz CT molecular complexity index is 1180. The number of rotatable bonds is 2. The minimum Gasteiger partial charge on any atom is -0.241 e. The van der Waals surface area contributed by atoms with E-state index in [-0.39, 0.29) is 0 Å². The quantitative estimate of drug-likeness (QED) is 0.577. The Kier molecular flexibility index (Phi) is 3.63. The lowest BCUT2D eigenvalue weighted by molar-refractivity contribution is 0.413. The topological polar surface area (TPSA) is 39.1 Å². The number of aryl methyl sites for hydroxylation is 1. The molecule has 0 unspecified atom stereocenters. The predicted octanol–water partition coefficient (Wildman–Crippen LogP) is 5.18. The van der Waals surface area contributed by atoms with Crippen molar-refractivity contribution in [2.75, 3.05) is 0 Å². The number of nitrogens with zero attached hydrogens (tertiary/aromatic N) is 1. The fourth-order valence-electron chi connectivity index (χ4n) is 4.78. The van der Waals surface area contributed by atoms with E-state index in [9.17, 15) is 8.42 Å². The molecule has 2 aromatic carbocycles. The number of aromatic nitrogens is 1. The Hall–Kier alpha value is -2.33. The van der Waals surface area contributed by atoms with E-state index in [1.165, 1.54) is 27.1 Å². The molecule has 1 heterocycles. The van der Waals surface area contributed by atoms with Crippen LogP contribution in [-0.4, -0.2) is 12.4 Å². The predicted molar refractivity (Wildman–Crippen MR) is 109 cm³/mol. The molecule has 0 spiro atoms. The third-order valence-electron chi connectivity index (χ3n) is 6.21. The largest absolute Gasteiger partial charge is 0.268 e. The van der Waals surface area contributed by atoms with E-state index in [2.05, 4.69) is 19.1 Å². The zero-order valence-corrected chi connectivity index (χ0v) is 16.5. The SMILES string of the molecule is CC1=C[C@H]2c3cn(S(=O)(=O)c4ccc(C)cc4)c4cccc(c34)C[C@H]2CC1. The minimum atomic E-state index is -3.62. The standard InChI is InChI=1S/C23H23NO2S/c1-15-7-10-19(11-8-15)27(25,26)24-14-21-20-12-16(2)6-9-17(20)13-18-4-3-5-22(24)23(18)21/h3-5,7-8,10-12,14,17,20H,6,9,13H2,1-2H3/t17-,20-/m1/s1. The van der Waals surface area contributed by atoms with Crippen molar-refractivity contribution in [2.45, 2.75) is 43.9 Å². The number of hydrogen-bond acceptors (Lipinski definition) is 2. The molecule has 0 saturated heterocycles. The van der Waals surface area contributed by atoms with Crippen LogP contribution in [0.3, 0.4) is 0 Å². The third-order valence-corrected chi connectivity index (χ3v) is 7.90. The van der Waals surface area contributed by atoms with Crippen LogP contribution in [0.2, 0.25) is 0 Å². The summed E-state index contributed by atoms with van der Waals surface area (Å²) in [5.74, 6) is 0.898. The van der Waals surface area contributed by atoms with Gasteiger partial charge in [-0.25, -0.2) is 12.4 Å². The highest BCUT2D eigenvalue weighted by atomic mass is 32.2. The monoisotopic (exact) mass is 377 g/mol. The molecule has 0 amide bonds. The third kappa shape index (κ3) is 2.50. The molecule has 0 aliphatic heterocycles. The van der Waals surface area contributed by atoms with Crippen molar-refractivity contribution in [3.05, 3.63) is 77.0 Å². The van der Waals surface area contributed by atoms with Crippen molar-refractivity contribution in [1.29, 1.82) is 0 Å². The highest BCUT2D eigenvalue weighted by molar-refractivity contribution is 7.90. The summed E-state index contributed by atoms with van der Waals surface area (Å²) in [5, 5.41) is 1.14. The molecule has 0 N–H and O–H groups in total. The zero-order valence-electron chi connectivity index (χ0n) is 15.6. The van der Waals surface area contributed by atoms with Gasteiger partial charge in [-0.2, -0.15) is 0 Å². The summed E-state index contributed by atoms with van der Waals surface area (Å²) in [6.07, 6.45) is 7.61. The van der Waals surface area contributed by atoms with E-state index in [4.69, 9.17) is 0 Å². The first-order valence-electron chi connectivity index (χ1n) is 9.57. The molecule has 0 fully saturated rings. The molecule has 4 heteroatoms. The Balaban J connectivity index is 1.76. The van der Waals surface area contributed by atoms with Crippen LogP contribution in [0.15, 0.2) is 65.2 Å². The molecule has 3 aromatic rings. The maximum Gasteiger partial charge on any atom is 0.268 e. The number of hydrogen-bond donors (Lipinski definition) is 0. The average molecular weight is 378 g/mol. The van der Waals surface area contributed by atoms with Gasteiger partial charge in [-0.1, -0.05) is 41.5 Å². The normalized spacial score (nSPS) is 21.8. The molecule has 0 saturated carbocycles. The van der Waals surface area contributed by atoms with Crippen LogP contribution in [0.4, 0.5) is 0 Å². The van der Waals surface area contributed by atoms with Gasteiger partial charge in [0.25, 0.3) is 10.0 Å². The van der Waals surface area contributed by atoms with Gasteiger partial charge in [0.05, 0.1) is 10.4 Å². The molecular weight excluding hydrogens is 354 g/mol. The maximum absolute atomic E-state index is 13.4. The second kappa shape index (κ2) is 5.83. The Morgan fingerprint density at radius 1 is 1.04 bits per heavy atom. The van der Waals surface area contributed by atoms with Gasteiger partial charge in [-0.15, -0.1) is 0 Å². The van der Waals surface area contributed by atoms with Gasteiger partial charge >= 0.3 is 0 Å². The maximum atomic E-state index is 13.4. The molecule has 138 valence electrons. The van der Waals surface area contributed by atoms with Gasteiger partial charge in [-0.3, -0.25) is 0 Å². The second-order valence-electron chi connectivity index (χ2n) is 8.05. The minimum absolute atomic E-state index is 0.325. The van der Waals surface area contributed by atoms with Crippen molar-refractivity contribution < 1.29 is 8.42 Å². The van der Waals surface area contributed by atoms with E-state index in [0.29, 0.717) is 16.7 Å². The Morgan fingerprint density at radius 3 is 2.59 bits per heavy atom. The lowest BCUT2D eigenvalue weighted by Gasteiger charge is -2.33. The molecule has 27 heavy (non-hydrogen) atoms. The molecule has 3 nitrogen and oxygen atoms in total. The zero-order chi connectivity index (χ0) is 18.8. The molecule has 2 aliphatic rings. The lowest BCUT2D eigenvalue weighted by Crippen LogP contribution is -2.21. The summed E-state index contributed by atoms with van der Waals surface area (Å²) in [7, 11) is -3.62. The fraction of sp³-hybridized carbons (Fsp3) is 0.304. The first-order valence-corrected chi connectivity index (χ1v) is 11.0. The van der Waals surface area contributed by atoms with Crippen molar-refractivity contribution in [1.82, 2.24) is 3.97 Å². The van der Waals surface area contributed by atoms with E-state index in [1.54, 1.807) is 12.1 Å². The first kappa shape index (κ1) is 16.8. The summed E-state index contributed by atoms with van der Waals surface area (Å²) in [6.45, 7) is 4.15. The summed E-state index contributed by atoms with van der Waals surface area (Å²) in [4.78, 5) is 0.341. The number of fused-ring (bicyclic) bond motifs is 2. The molecule has 2 atom stereocenters. The lowest BCUT2D eigenvalue weighted by atomic mass is 9.70. The Labute approximate surface area is 160 Å². The van der Waals surface area contributed by atoms with E-state index >= 15 is 0 Å². The van der Waals surface area contributed by atoms with Crippen LogP contribution in [0.1, 0.15) is 42.4 Å². The highest BCUT2D eigenvalue weighted by Crippen LogP contribution is 2.47. The molecule has 0 radical (unpaired) electrons. The van der Waals surface area contributed by atoms with Crippen molar-refractivity contribution in [2.24, 2.45) is 5.92 Å². The number of benzene rings is 2. The fourth-order valence-corrected chi connectivity index (χ4v) is 6.15. The van der Waals surface area contributed by atoms with E-state index < -0.39 is 10.0 Å². The van der Waals surface area contributed by atoms with Crippen LogP contribution in [-0.2, 0) is 16.4 Å². The van der Waals surface area contributed by atoms with Gasteiger partial charge in [0.1, 0.15) is 0 Å². The second-order valence-corrected chi connectivity index (χ2v) is 9.87. The summed E-state index contributed by atoms with van der Waals surface area (Å²) in [6, 6.07) is 13.2. The first-order chi connectivity index (χ1) is 12.9. The van der Waals surface area contributed by atoms with Crippen LogP contribution < -0.4 is 0 Å². The Morgan fingerprint density at radius 2 is 1.81 bits per heavy atom. The van der Waals surface area contributed by atoms with Crippen LogP contribution in [0.5, 0.6) is 0 Å². The van der Waals surface area contributed by atoms with Crippen LogP contribution in [0, 0.1) is 12.8 Å². The average Bonchev–Trinajstić information content (AvgIpc) is 3.05. The molecular formula is C23H23NO2S. The van der Waals surface area contributed by atoms with Crippen molar-refractivity contribution >= 4 is 20.9 Å². The smallest absolute Gasteiger partial charge is 0.241 e. The van der Waals surface area contributed by atoms with Gasteiger partial charge in [-0.05, 0) is 68.4 Å². The summed E-state index contributed by atoms with van der Waals surface area (Å²) >= 11 is 0. The van der Waals surface area contributed by atoms with Gasteiger partial charge in [0, 0.05) is 17.5 Å². The van der Waals surface area contributed by atoms with E-state index in [1.807, 2.05) is 37.4 Å². The van der Waals surface area contributed by atoms with Crippen molar-refractivity contribution in [3.63, 3.8) is 0 Å². The van der Waals surface area contributed by atoms with E-state index in [0.717, 1.165) is 29.3 Å². The van der Waals surface area contributed by atoms with Gasteiger partial charge in [0.2, 0.25) is 0 Å². The van der Waals surface area contributed by atoms with Crippen molar-refractivity contribution in [3.8, 4) is 0 Å². The molecule has 1 aromatic heterocycles. The highest BCUT2D eigenvalue weighted by Gasteiger charge is 2.34. The molecule has 2 aliphatic carbocycles. The summed E-state index contributed by atoms with van der Waals surface area (Å²) in [5.41, 5.74) is 5.73. The summed E-state index contributed by atoms with van der Waals surface area (Å²) < 4.78 is 28.3. The number of allylic oxidation sites excluding steroid dienone is 2. The van der Waals surface area contributed by atoms with Crippen LogP contribution >= 0.6 is 0 Å².